The summed E-state index contributed by atoms with van der Waals surface area (Å²) in [6.45, 7) is 0.641. The first kappa shape index (κ1) is 20.6. The molecular formula is C17H18O9S. The van der Waals surface area contributed by atoms with Gasteiger partial charge in [0.2, 0.25) is 0 Å². The Bertz CT molecular complexity index is 829. The van der Waals surface area contributed by atoms with Crippen LogP contribution in [-0.4, -0.2) is 57.5 Å². The van der Waals surface area contributed by atoms with Crippen LogP contribution in [0.5, 0.6) is 0 Å². The van der Waals surface area contributed by atoms with Crippen LogP contribution in [0.25, 0.3) is 0 Å². The number of carbonyl (C=O) groups excluding carboxylic acids is 3. The standard InChI is InChI=1S/C17H18O9S/c1-11(18)24-14(10-23-17(20)12-6-4-3-5-7-12)16-13(26-27(2,21)22)8-9-15(19)25-16/h3-9,13-14,16H,10H2,1-2H3/t13-,14-,16+/m1/s1. The van der Waals surface area contributed by atoms with Crippen molar-refractivity contribution in [1.29, 1.82) is 0 Å². The maximum absolute atomic E-state index is 12.1. The number of hydrogen-bond donors (Lipinski definition) is 0. The highest BCUT2D eigenvalue weighted by Gasteiger charge is 2.39. The van der Waals surface area contributed by atoms with E-state index < -0.39 is 52.9 Å². The average molecular weight is 398 g/mol. The molecule has 0 aromatic heterocycles. The van der Waals surface area contributed by atoms with Crippen molar-refractivity contribution in [3.05, 3.63) is 48.0 Å². The molecule has 1 aromatic carbocycles. The van der Waals surface area contributed by atoms with Gasteiger partial charge in [-0.1, -0.05) is 18.2 Å². The van der Waals surface area contributed by atoms with Gasteiger partial charge in [-0.05, 0) is 18.2 Å². The summed E-state index contributed by atoms with van der Waals surface area (Å²) >= 11 is 0. The third kappa shape index (κ3) is 6.50. The molecule has 146 valence electrons. The van der Waals surface area contributed by atoms with Gasteiger partial charge in [0.25, 0.3) is 10.1 Å². The first-order valence-corrected chi connectivity index (χ1v) is 9.64. The predicted molar refractivity (Wildman–Crippen MR) is 91.0 cm³/mol. The molecule has 0 saturated heterocycles. The van der Waals surface area contributed by atoms with Crippen molar-refractivity contribution in [3.8, 4) is 0 Å². The van der Waals surface area contributed by atoms with E-state index in [0.717, 1.165) is 19.3 Å². The zero-order chi connectivity index (χ0) is 20.0. The number of ether oxygens (including phenoxy) is 3. The second-order valence-electron chi connectivity index (χ2n) is 5.64. The van der Waals surface area contributed by atoms with Gasteiger partial charge in [0.05, 0.1) is 11.8 Å². The maximum atomic E-state index is 12.1. The summed E-state index contributed by atoms with van der Waals surface area (Å²) in [4.78, 5) is 35.1. The van der Waals surface area contributed by atoms with Crippen LogP contribution in [0.15, 0.2) is 42.5 Å². The fraction of sp³-hybridized carbons (Fsp3) is 0.353. The summed E-state index contributed by atoms with van der Waals surface area (Å²) in [5.74, 6) is -2.20. The van der Waals surface area contributed by atoms with E-state index in [9.17, 15) is 22.8 Å². The zero-order valence-corrected chi connectivity index (χ0v) is 15.4. The van der Waals surface area contributed by atoms with Crippen LogP contribution in [0.2, 0.25) is 0 Å². The van der Waals surface area contributed by atoms with E-state index in [2.05, 4.69) is 0 Å². The second kappa shape index (κ2) is 8.78. The average Bonchev–Trinajstić information content (AvgIpc) is 2.59. The normalized spacial score (nSPS) is 20.4. The lowest BCUT2D eigenvalue weighted by Gasteiger charge is -2.31. The highest BCUT2D eigenvalue weighted by atomic mass is 32.2. The predicted octanol–water partition coefficient (Wildman–Crippen LogP) is 0.602. The summed E-state index contributed by atoms with van der Waals surface area (Å²) in [6.07, 6.45) is -0.830. The Labute approximate surface area is 156 Å². The van der Waals surface area contributed by atoms with Gasteiger partial charge in [0.15, 0.2) is 12.2 Å². The summed E-state index contributed by atoms with van der Waals surface area (Å²) in [5, 5.41) is 0. The minimum Gasteiger partial charge on any atom is -0.458 e. The number of carbonyl (C=O) groups is 3. The van der Waals surface area contributed by atoms with Crippen molar-refractivity contribution in [2.45, 2.75) is 25.2 Å². The molecule has 1 heterocycles. The Hall–Kier alpha value is -2.72. The van der Waals surface area contributed by atoms with Crippen molar-refractivity contribution >= 4 is 28.0 Å². The summed E-state index contributed by atoms with van der Waals surface area (Å²) < 4.78 is 43.0. The van der Waals surface area contributed by atoms with Crippen LogP contribution in [0.3, 0.4) is 0 Å². The van der Waals surface area contributed by atoms with Gasteiger partial charge in [-0.15, -0.1) is 0 Å². The first-order valence-electron chi connectivity index (χ1n) is 7.82. The quantitative estimate of drug-likeness (QED) is 0.369. The molecule has 0 fully saturated rings. The minimum atomic E-state index is -3.90. The van der Waals surface area contributed by atoms with Crippen molar-refractivity contribution < 1.29 is 41.2 Å². The van der Waals surface area contributed by atoms with Crippen molar-refractivity contribution in [3.63, 3.8) is 0 Å². The van der Waals surface area contributed by atoms with Crippen LogP contribution in [-0.2, 0) is 38.1 Å². The van der Waals surface area contributed by atoms with E-state index in [-0.39, 0.29) is 5.56 Å². The molecule has 0 radical (unpaired) electrons. The van der Waals surface area contributed by atoms with Gasteiger partial charge in [-0.2, -0.15) is 8.42 Å². The number of cyclic esters (lactones) is 1. The highest BCUT2D eigenvalue weighted by Crippen LogP contribution is 2.20. The topological polar surface area (TPSA) is 122 Å². The molecule has 1 aromatic rings. The van der Waals surface area contributed by atoms with Crippen LogP contribution in [0.4, 0.5) is 0 Å². The van der Waals surface area contributed by atoms with Crippen molar-refractivity contribution in [2.24, 2.45) is 0 Å². The van der Waals surface area contributed by atoms with Crippen LogP contribution in [0.1, 0.15) is 17.3 Å². The van der Waals surface area contributed by atoms with Crippen LogP contribution in [0, 0.1) is 0 Å². The molecule has 0 spiro atoms. The smallest absolute Gasteiger partial charge is 0.338 e. The molecule has 1 aliphatic heterocycles. The van der Waals surface area contributed by atoms with Crippen molar-refractivity contribution in [2.75, 3.05) is 12.9 Å². The molecule has 1 aliphatic rings. The molecule has 9 nitrogen and oxygen atoms in total. The Kier molecular flexibility index (Phi) is 6.70. The van der Waals surface area contributed by atoms with E-state index in [0.29, 0.717) is 0 Å². The summed E-state index contributed by atoms with van der Waals surface area (Å²) in [6, 6.07) is 8.07. The lowest BCUT2D eigenvalue weighted by Crippen LogP contribution is -2.48. The maximum Gasteiger partial charge on any atom is 0.338 e. The van der Waals surface area contributed by atoms with Crippen LogP contribution >= 0.6 is 0 Å². The van der Waals surface area contributed by atoms with Gasteiger partial charge >= 0.3 is 17.9 Å². The first-order chi connectivity index (χ1) is 12.7. The van der Waals surface area contributed by atoms with E-state index >= 15 is 0 Å². The third-order valence-corrected chi connectivity index (χ3v) is 3.93. The number of hydrogen-bond acceptors (Lipinski definition) is 9. The Morgan fingerprint density at radius 3 is 2.48 bits per heavy atom. The number of rotatable bonds is 7. The molecule has 27 heavy (non-hydrogen) atoms. The second-order valence-corrected chi connectivity index (χ2v) is 7.24. The van der Waals surface area contributed by atoms with Gasteiger partial charge in [-0.3, -0.25) is 8.98 Å². The molecule has 2 rings (SSSR count). The van der Waals surface area contributed by atoms with Gasteiger partial charge in [0, 0.05) is 13.0 Å². The fourth-order valence-corrected chi connectivity index (χ4v) is 2.90. The molecule has 0 amide bonds. The van der Waals surface area contributed by atoms with E-state index in [1.54, 1.807) is 18.2 Å². The van der Waals surface area contributed by atoms with Gasteiger partial charge in [-0.25, -0.2) is 9.59 Å². The zero-order valence-electron chi connectivity index (χ0n) is 14.6. The molecule has 3 atom stereocenters. The fourth-order valence-electron chi connectivity index (χ4n) is 2.32. The Balaban J connectivity index is 2.17. The summed E-state index contributed by atoms with van der Waals surface area (Å²) in [5.41, 5.74) is 0.267. The molecule has 0 unspecified atom stereocenters. The van der Waals surface area contributed by atoms with E-state index in [4.69, 9.17) is 18.4 Å². The van der Waals surface area contributed by atoms with E-state index in [1.807, 2.05) is 0 Å². The molecular weight excluding hydrogens is 380 g/mol. The molecule has 0 saturated carbocycles. The Morgan fingerprint density at radius 1 is 1.22 bits per heavy atom. The lowest BCUT2D eigenvalue weighted by molar-refractivity contribution is -0.174. The minimum absolute atomic E-state index is 0.267. The SMILES string of the molecule is CC(=O)O[C@H](COC(=O)c1ccccc1)[C@H]1OC(=O)C=C[C@H]1OS(C)(=O)=O. The highest BCUT2D eigenvalue weighted by molar-refractivity contribution is 7.86. The van der Waals surface area contributed by atoms with Crippen molar-refractivity contribution in [1.82, 2.24) is 0 Å². The Morgan fingerprint density at radius 2 is 1.89 bits per heavy atom. The number of benzene rings is 1. The number of esters is 3. The van der Waals surface area contributed by atoms with Gasteiger partial charge < -0.3 is 14.2 Å². The van der Waals surface area contributed by atoms with Crippen LogP contribution < -0.4 is 0 Å². The third-order valence-electron chi connectivity index (χ3n) is 3.36. The monoisotopic (exact) mass is 398 g/mol. The van der Waals surface area contributed by atoms with Gasteiger partial charge in [0.1, 0.15) is 12.7 Å². The molecule has 0 bridgehead atoms. The lowest BCUT2D eigenvalue weighted by atomic mass is 10.1. The summed E-state index contributed by atoms with van der Waals surface area (Å²) in [7, 11) is -3.90. The molecule has 0 aliphatic carbocycles. The molecule has 10 heteroatoms. The van der Waals surface area contributed by atoms with E-state index in [1.165, 1.54) is 18.2 Å². The molecule has 0 N–H and O–H groups in total. The largest absolute Gasteiger partial charge is 0.458 e.